The monoisotopic (exact) mass is 441 g/mol. The summed E-state index contributed by atoms with van der Waals surface area (Å²) in [6.45, 7) is 9.88. The van der Waals surface area contributed by atoms with Crippen molar-refractivity contribution < 1.29 is 14.7 Å². The Kier molecular flexibility index (Phi) is 6.59. The van der Waals surface area contributed by atoms with Crippen molar-refractivity contribution in [3.8, 4) is 0 Å². The van der Waals surface area contributed by atoms with E-state index in [9.17, 15) is 19.5 Å². The van der Waals surface area contributed by atoms with Crippen molar-refractivity contribution in [1.29, 1.82) is 0 Å². The number of hydrogen-bond donors (Lipinski definition) is 2. The van der Waals surface area contributed by atoms with Gasteiger partial charge in [-0.1, -0.05) is 52.8 Å². The van der Waals surface area contributed by atoms with Crippen LogP contribution in [0.5, 0.6) is 0 Å². The first-order valence-corrected chi connectivity index (χ1v) is 11.2. The van der Waals surface area contributed by atoms with E-state index in [-0.39, 0.29) is 35.2 Å². The van der Waals surface area contributed by atoms with E-state index in [0.29, 0.717) is 17.1 Å². The Morgan fingerprint density at radius 3 is 2.29 bits per heavy atom. The van der Waals surface area contributed by atoms with E-state index in [1.165, 1.54) is 9.95 Å². The first-order valence-electron chi connectivity index (χ1n) is 10.3. The number of nitrogens with one attached hydrogen (secondary N) is 1. The minimum atomic E-state index is -1.18. The van der Waals surface area contributed by atoms with Crippen molar-refractivity contribution in [2.24, 2.45) is 0 Å². The Balaban J connectivity index is 2.04. The summed E-state index contributed by atoms with van der Waals surface area (Å²) in [5, 5.41) is 13.9. The van der Waals surface area contributed by atoms with Crippen LogP contribution in [0.2, 0.25) is 0 Å². The summed E-state index contributed by atoms with van der Waals surface area (Å²) < 4.78 is 1.28. The summed E-state index contributed by atoms with van der Waals surface area (Å²) in [7, 11) is 0. The maximum Gasteiger partial charge on any atom is 0.337 e. The van der Waals surface area contributed by atoms with Gasteiger partial charge in [0, 0.05) is 17.5 Å². The van der Waals surface area contributed by atoms with Gasteiger partial charge in [0.15, 0.2) is 0 Å². The smallest absolute Gasteiger partial charge is 0.337 e. The molecule has 1 amide bonds. The summed E-state index contributed by atoms with van der Waals surface area (Å²) in [4.78, 5) is 42.5. The summed E-state index contributed by atoms with van der Waals surface area (Å²) in [5.74, 6) is -0.652. The van der Waals surface area contributed by atoms with E-state index in [4.69, 9.17) is 0 Å². The topological polar surface area (TPSA) is 101 Å². The summed E-state index contributed by atoms with van der Waals surface area (Å²) in [6.07, 6.45) is 0.443. The molecule has 0 aliphatic carbocycles. The molecule has 1 aromatic carbocycles. The van der Waals surface area contributed by atoms with E-state index < -0.39 is 11.5 Å². The Morgan fingerprint density at radius 2 is 1.77 bits per heavy atom. The van der Waals surface area contributed by atoms with E-state index in [1.54, 1.807) is 0 Å². The van der Waals surface area contributed by atoms with Crippen molar-refractivity contribution in [1.82, 2.24) is 9.55 Å². The Morgan fingerprint density at radius 1 is 1.16 bits per heavy atom. The van der Waals surface area contributed by atoms with Crippen molar-refractivity contribution in [2.75, 3.05) is 5.32 Å². The predicted molar refractivity (Wildman–Crippen MR) is 123 cm³/mol. The number of rotatable bonds is 7. The van der Waals surface area contributed by atoms with Crippen LogP contribution in [0.4, 0.5) is 5.69 Å². The molecule has 2 aromatic heterocycles. The highest BCUT2D eigenvalue weighted by Crippen LogP contribution is 2.32. The van der Waals surface area contributed by atoms with E-state index in [1.807, 2.05) is 25.1 Å². The molecule has 0 saturated carbocycles. The average molecular weight is 442 g/mol. The van der Waals surface area contributed by atoms with Crippen LogP contribution in [0.1, 0.15) is 73.8 Å². The molecule has 8 heteroatoms. The van der Waals surface area contributed by atoms with Gasteiger partial charge in [-0.25, -0.2) is 9.78 Å². The number of carbonyl (C=O) groups excluding carboxylic acids is 1. The standard InChI is InChI=1S/C23H27N3O4S/c1-6-17-24-21-19(16(11-31-21)23(29)30)22(28)26(17)10-18(27)25-20-14(12(2)3)8-7-9-15(20)13(4)5/h7-9,11-13H,6,10H2,1-5H3,(H,25,27)(H,29,30). The Hall–Kier alpha value is -3.00. The highest BCUT2D eigenvalue weighted by atomic mass is 32.1. The number of carboxylic acids is 1. The number of para-hydroxylation sites is 1. The molecule has 2 N–H and O–H groups in total. The van der Waals surface area contributed by atoms with Gasteiger partial charge in [0.1, 0.15) is 17.2 Å². The number of thiophene rings is 1. The highest BCUT2D eigenvalue weighted by Gasteiger charge is 2.21. The predicted octanol–water partition coefficient (Wildman–Crippen LogP) is 4.60. The summed E-state index contributed by atoms with van der Waals surface area (Å²) >= 11 is 1.12. The summed E-state index contributed by atoms with van der Waals surface area (Å²) in [6, 6.07) is 5.98. The average Bonchev–Trinajstić information content (AvgIpc) is 3.14. The van der Waals surface area contributed by atoms with Crippen LogP contribution in [0, 0.1) is 0 Å². The quantitative estimate of drug-likeness (QED) is 0.558. The molecule has 0 fully saturated rings. The third kappa shape index (κ3) is 4.39. The van der Waals surface area contributed by atoms with Crippen molar-refractivity contribution in [3.63, 3.8) is 0 Å². The number of hydrogen-bond acceptors (Lipinski definition) is 5. The molecular weight excluding hydrogens is 414 g/mol. The maximum atomic E-state index is 13.1. The molecule has 164 valence electrons. The molecule has 0 radical (unpaired) electrons. The molecule has 31 heavy (non-hydrogen) atoms. The van der Waals surface area contributed by atoms with Gasteiger partial charge in [-0.2, -0.15) is 0 Å². The lowest BCUT2D eigenvalue weighted by Crippen LogP contribution is -2.31. The van der Waals surface area contributed by atoms with Crippen molar-refractivity contribution in [2.45, 2.75) is 59.4 Å². The molecule has 0 aliphatic rings. The second-order valence-corrected chi connectivity index (χ2v) is 8.93. The number of anilines is 1. The highest BCUT2D eigenvalue weighted by molar-refractivity contribution is 7.17. The first-order chi connectivity index (χ1) is 14.6. The van der Waals surface area contributed by atoms with Gasteiger partial charge in [-0.3, -0.25) is 14.2 Å². The molecule has 3 aromatic rings. The van der Waals surface area contributed by atoms with Crippen LogP contribution in [-0.2, 0) is 17.8 Å². The molecule has 0 unspecified atom stereocenters. The Labute approximate surface area is 184 Å². The van der Waals surface area contributed by atoms with Gasteiger partial charge in [0.2, 0.25) is 5.91 Å². The van der Waals surface area contributed by atoms with Gasteiger partial charge >= 0.3 is 5.97 Å². The van der Waals surface area contributed by atoms with Gasteiger partial charge in [0.05, 0.1) is 10.9 Å². The number of aromatic nitrogens is 2. The third-order valence-corrected chi connectivity index (χ3v) is 6.13. The second-order valence-electron chi connectivity index (χ2n) is 8.08. The van der Waals surface area contributed by atoms with Gasteiger partial charge in [-0.05, 0) is 23.0 Å². The van der Waals surface area contributed by atoms with Crippen LogP contribution in [-0.4, -0.2) is 26.5 Å². The molecular formula is C23H27N3O4S. The van der Waals surface area contributed by atoms with Crippen LogP contribution in [0.3, 0.4) is 0 Å². The molecule has 0 saturated heterocycles. The fraction of sp³-hybridized carbons (Fsp3) is 0.391. The molecule has 0 atom stereocenters. The van der Waals surface area contributed by atoms with Gasteiger partial charge < -0.3 is 10.4 Å². The van der Waals surface area contributed by atoms with Crippen LogP contribution >= 0.6 is 11.3 Å². The van der Waals surface area contributed by atoms with Crippen LogP contribution in [0.25, 0.3) is 10.2 Å². The van der Waals surface area contributed by atoms with E-state index in [0.717, 1.165) is 28.2 Å². The zero-order valence-corrected chi connectivity index (χ0v) is 19.2. The normalized spacial score (nSPS) is 11.5. The SMILES string of the molecule is CCc1nc2scc(C(=O)O)c2c(=O)n1CC(=O)Nc1c(C(C)C)cccc1C(C)C. The van der Waals surface area contributed by atoms with Crippen molar-refractivity contribution >= 4 is 39.1 Å². The molecule has 2 heterocycles. The number of benzene rings is 1. The molecule has 0 aliphatic heterocycles. The Bertz CT molecular complexity index is 1180. The zero-order chi connectivity index (χ0) is 22.9. The van der Waals surface area contributed by atoms with Crippen LogP contribution < -0.4 is 10.9 Å². The number of aryl methyl sites for hydroxylation is 1. The fourth-order valence-electron chi connectivity index (χ4n) is 3.67. The minimum absolute atomic E-state index is 0.0490. The van der Waals surface area contributed by atoms with Gasteiger partial charge in [0.25, 0.3) is 5.56 Å². The maximum absolute atomic E-state index is 13.1. The number of amides is 1. The molecule has 7 nitrogen and oxygen atoms in total. The van der Waals surface area contributed by atoms with Crippen molar-refractivity contribution in [3.05, 3.63) is 56.4 Å². The van der Waals surface area contributed by atoms with E-state index in [2.05, 4.69) is 38.0 Å². The first kappa shape index (κ1) is 22.7. The fourth-order valence-corrected chi connectivity index (χ4v) is 4.60. The van der Waals surface area contributed by atoms with Gasteiger partial charge in [-0.15, -0.1) is 11.3 Å². The lowest BCUT2D eigenvalue weighted by Gasteiger charge is -2.20. The lowest BCUT2D eigenvalue weighted by molar-refractivity contribution is -0.116. The largest absolute Gasteiger partial charge is 0.478 e. The number of fused-ring (bicyclic) bond motifs is 1. The number of carbonyl (C=O) groups is 2. The zero-order valence-electron chi connectivity index (χ0n) is 18.4. The second kappa shape index (κ2) is 9.01. The molecule has 3 rings (SSSR count). The number of nitrogens with zero attached hydrogens (tertiary/aromatic N) is 2. The van der Waals surface area contributed by atoms with Crippen LogP contribution in [0.15, 0.2) is 28.4 Å². The lowest BCUT2D eigenvalue weighted by atomic mass is 9.92. The summed E-state index contributed by atoms with van der Waals surface area (Å²) in [5.41, 5.74) is 2.25. The minimum Gasteiger partial charge on any atom is -0.478 e. The molecule has 0 spiro atoms. The number of carboxylic acid groups (broad SMARTS) is 1. The molecule has 0 bridgehead atoms. The third-order valence-electron chi connectivity index (χ3n) is 5.26. The number of aromatic carboxylic acids is 1. The van der Waals surface area contributed by atoms with E-state index >= 15 is 0 Å².